The minimum absolute atomic E-state index is 0.0691. The molecule has 0 heterocycles. The average molecular weight is 275 g/mol. The SMILES string of the molecule is COc1cc(C(=O)O)ccc1S(=O)(=O)NCCO. The van der Waals surface area contributed by atoms with Gasteiger partial charge < -0.3 is 14.9 Å². The summed E-state index contributed by atoms with van der Waals surface area (Å²) < 4.78 is 30.6. The zero-order valence-corrected chi connectivity index (χ0v) is 10.4. The third-order valence-corrected chi connectivity index (χ3v) is 3.60. The van der Waals surface area contributed by atoms with Crippen molar-refractivity contribution in [1.82, 2.24) is 4.72 Å². The van der Waals surface area contributed by atoms with E-state index in [1.54, 1.807) is 0 Å². The molecule has 0 aliphatic rings. The van der Waals surface area contributed by atoms with Gasteiger partial charge in [-0.2, -0.15) is 0 Å². The van der Waals surface area contributed by atoms with E-state index in [1.807, 2.05) is 0 Å². The Kier molecular flexibility index (Phi) is 4.65. The topological polar surface area (TPSA) is 113 Å². The predicted octanol–water partition coefficient (Wildman–Crippen LogP) is -0.336. The molecule has 0 spiro atoms. The van der Waals surface area contributed by atoms with E-state index in [0.717, 1.165) is 12.1 Å². The maximum Gasteiger partial charge on any atom is 0.335 e. The first-order chi connectivity index (χ1) is 8.42. The molecular formula is C10H13NO6S. The van der Waals surface area contributed by atoms with Gasteiger partial charge in [0.1, 0.15) is 10.6 Å². The van der Waals surface area contributed by atoms with Crippen LogP contribution in [0.4, 0.5) is 0 Å². The molecule has 7 nitrogen and oxygen atoms in total. The van der Waals surface area contributed by atoms with Crippen molar-refractivity contribution in [1.29, 1.82) is 0 Å². The molecule has 8 heteroatoms. The first-order valence-corrected chi connectivity index (χ1v) is 6.42. The molecule has 0 saturated heterocycles. The Balaban J connectivity index is 3.21. The lowest BCUT2D eigenvalue weighted by molar-refractivity contribution is 0.0696. The Labute approximate surface area is 104 Å². The lowest BCUT2D eigenvalue weighted by atomic mass is 10.2. The van der Waals surface area contributed by atoms with Gasteiger partial charge in [-0.25, -0.2) is 17.9 Å². The fourth-order valence-corrected chi connectivity index (χ4v) is 2.45. The predicted molar refractivity (Wildman–Crippen MR) is 62.2 cm³/mol. The molecule has 1 aromatic carbocycles. The summed E-state index contributed by atoms with van der Waals surface area (Å²) in [5, 5.41) is 17.4. The summed E-state index contributed by atoms with van der Waals surface area (Å²) in [6.07, 6.45) is 0. The molecule has 100 valence electrons. The molecule has 0 aromatic heterocycles. The number of aliphatic hydroxyl groups is 1. The maximum atomic E-state index is 11.8. The Hall–Kier alpha value is -1.64. The van der Waals surface area contributed by atoms with E-state index < -0.39 is 16.0 Å². The minimum Gasteiger partial charge on any atom is -0.495 e. The number of sulfonamides is 1. The van der Waals surface area contributed by atoms with Crippen LogP contribution in [0.5, 0.6) is 5.75 Å². The lowest BCUT2D eigenvalue weighted by Crippen LogP contribution is -2.27. The van der Waals surface area contributed by atoms with Crippen molar-refractivity contribution in [3.05, 3.63) is 23.8 Å². The molecule has 0 unspecified atom stereocenters. The third-order valence-electron chi connectivity index (χ3n) is 2.10. The van der Waals surface area contributed by atoms with E-state index in [9.17, 15) is 13.2 Å². The number of nitrogens with one attached hydrogen (secondary N) is 1. The van der Waals surface area contributed by atoms with E-state index in [-0.39, 0.29) is 29.4 Å². The van der Waals surface area contributed by atoms with Gasteiger partial charge in [-0.3, -0.25) is 0 Å². The summed E-state index contributed by atoms with van der Waals surface area (Å²) in [4.78, 5) is 10.6. The Morgan fingerprint density at radius 2 is 2.11 bits per heavy atom. The highest BCUT2D eigenvalue weighted by Crippen LogP contribution is 2.24. The number of ether oxygens (including phenoxy) is 1. The zero-order chi connectivity index (χ0) is 13.8. The van der Waals surface area contributed by atoms with Crippen LogP contribution in [0.3, 0.4) is 0 Å². The number of carboxylic acids is 1. The van der Waals surface area contributed by atoms with Crippen LogP contribution in [0.1, 0.15) is 10.4 Å². The van der Waals surface area contributed by atoms with Gasteiger partial charge in [0.15, 0.2) is 0 Å². The molecule has 0 amide bonds. The summed E-state index contributed by atoms with van der Waals surface area (Å²) in [5.74, 6) is -1.25. The Morgan fingerprint density at radius 3 is 2.61 bits per heavy atom. The second-order valence-electron chi connectivity index (χ2n) is 3.29. The van der Waals surface area contributed by atoms with Crippen molar-refractivity contribution in [2.24, 2.45) is 0 Å². The number of hydrogen-bond donors (Lipinski definition) is 3. The number of rotatable bonds is 6. The van der Waals surface area contributed by atoms with Crippen molar-refractivity contribution in [3.63, 3.8) is 0 Å². The highest BCUT2D eigenvalue weighted by atomic mass is 32.2. The summed E-state index contributed by atoms with van der Waals surface area (Å²) >= 11 is 0. The molecule has 0 atom stereocenters. The molecule has 0 radical (unpaired) electrons. The first-order valence-electron chi connectivity index (χ1n) is 4.94. The molecule has 3 N–H and O–H groups in total. The number of aromatic carboxylic acids is 1. The van der Waals surface area contributed by atoms with Crippen molar-refractivity contribution in [3.8, 4) is 5.75 Å². The van der Waals surface area contributed by atoms with E-state index >= 15 is 0 Å². The van der Waals surface area contributed by atoms with E-state index in [2.05, 4.69) is 4.72 Å². The lowest BCUT2D eigenvalue weighted by Gasteiger charge is -2.10. The van der Waals surface area contributed by atoms with Gasteiger partial charge in [0, 0.05) is 6.54 Å². The highest BCUT2D eigenvalue weighted by Gasteiger charge is 2.20. The van der Waals surface area contributed by atoms with Gasteiger partial charge >= 0.3 is 5.97 Å². The van der Waals surface area contributed by atoms with Crippen LogP contribution < -0.4 is 9.46 Å². The van der Waals surface area contributed by atoms with E-state index in [1.165, 1.54) is 13.2 Å². The van der Waals surface area contributed by atoms with Crippen LogP contribution in [0.25, 0.3) is 0 Å². The summed E-state index contributed by atoms with van der Waals surface area (Å²) in [6, 6.07) is 3.43. The summed E-state index contributed by atoms with van der Waals surface area (Å²) in [5.41, 5.74) is -0.0760. The highest BCUT2D eigenvalue weighted by molar-refractivity contribution is 7.89. The molecule has 0 saturated carbocycles. The molecule has 0 aliphatic carbocycles. The monoisotopic (exact) mass is 275 g/mol. The van der Waals surface area contributed by atoms with Gasteiger partial charge in [0.05, 0.1) is 19.3 Å². The van der Waals surface area contributed by atoms with E-state index in [0.29, 0.717) is 0 Å². The largest absolute Gasteiger partial charge is 0.495 e. The fourth-order valence-electron chi connectivity index (χ4n) is 1.28. The molecule has 0 bridgehead atoms. The number of carbonyl (C=O) groups is 1. The second kappa shape index (κ2) is 5.80. The van der Waals surface area contributed by atoms with Crippen LogP contribution in [0, 0.1) is 0 Å². The van der Waals surface area contributed by atoms with Crippen molar-refractivity contribution in [2.45, 2.75) is 4.90 Å². The molecular weight excluding hydrogens is 262 g/mol. The smallest absolute Gasteiger partial charge is 0.335 e. The zero-order valence-electron chi connectivity index (χ0n) is 9.58. The third kappa shape index (κ3) is 3.19. The Morgan fingerprint density at radius 1 is 1.44 bits per heavy atom. The molecule has 18 heavy (non-hydrogen) atoms. The van der Waals surface area contributed by atoms with Crippen LogP contribution >= 0.6 is 0 Å². The van der Waals surface area contributed by atoms with E-state index in [4.69, 9.17) is 14.9 Å². The summed E-state index contributed by atoms with van der Waals surface area (Å²) in [7, 11) is -2.59. The van der Waals surface area contributed by atoms with Gasteiger partial charge in [0.25, 0.3) is 0 Å². The molecule has 0 fully saturated rings. The van der Waals surface area contributed by atoms with Crippen LogP contribution in [0.15, 0.2) is 23.1 Å². The van der Waals surface area contributed by atoms with Crippen molar-refractivity contribution >= 4 is 16.0 Å². The number of methoxy groups -OCH3 is 1. The molecule has 1 aromatic rings. The van der Waals surface area contributed by atoms with Gasteiger partial charge in [-0.1, -0.05) is 0 Å². The normalized spacial score (nSPS) is 11.2. The Bertz CT molecular complexity index is 539. The molecule has 0 aliphatic heterocycles. The second-order valence-corrected chi connectivity index (χ2v) is 5.03. The summed E-state index contributed by atoms with van der Waals surface area (Å²) in [6.45, 7) is -0.471. The van der Waals surface area contributed by atoms with Crippen molar-refractivity contribution < 1.29 is 28.2 Å². The standard InChI is InChI=1S/C10H13NO6S/c1-17-8-6-7(10(13)14)2-3-9(8)18(15,16)11-4-5-12/h2-3,6,11-12H,4-5H2,1H3,(H,13,14). The van der Waals surface area contributed by atoms with Gasteiger partial charge in [-0.15, -0.1) is 0 Å². The molecule has 1 rings (SSSR count). The number of aliphatic hydroxyl groups excluding tert-OH is 1. The van der Waals surface area contributed by atoms with Crippen LogP contribution in [0.2, 0.25) is 0 Å². The fraction of sp³-hybridized carbons (Fsp3) is 0.300. The first kappa shape index (κ1) is 14.4. The number of benzene rings is 1. The van der Waals surface area contributed by atoms with Crippen molar-refractivity contribution in [2.75, 3.05) is 20.3 Å². The van der Waals surface area contributed by atoms with Gasteiger partial charge in [0.2, 0.25) is 10.0 Å². The number of hydrogen-bond acceptors (Lipinski definition) is 5. The van der Waals surface area contributed by atoms with Gasteiger partial charge in [-0.05, 0) is 18.2 Å². The minimum atomic E-state index is -3.84. The van der Waals surface area contributed by atoms with Crippen LogP contribution in [-0.2, 0) is 10.0 Å². The van der Waals surface area contributed by atoms with Crippen LogP contribution in [-0.4, -0.2) is 44.9 Å². The quantitative estimate of drug-likeness (QED) is 0.655. The number of carboxylic acid groups (broad SMARTS) is 1. The maximum absolute atomic E-state index is 11.8. The average Bonchev–Trinajstić information content (AvgIpc) is 2.35.